The van der Waals surface area contributed by atoms with E-state index in [0.29, 0.717) is 11.1 Å². The molecule has 0 fully saturated rings. The van der Waals surface area contributed by atoms with E-state index in [-0.39, 0.29) is 16.8 Å². The molecule has 1 aromatic carbocycles. The first-order valence-corrected chi connectivity index (χ1v) is 4.69. The van der Waals surface area contributed by atoms with Crippen LogP contribution in [0.25, 0.3) is 10.8 Å². The summed E-state index contributed by atoms with van der Waals surface area (Å²) in [5.41, 5.74) is -0.126. The quantitative estimate of drug-likeness (QED) is 0.580. The summed E-state index contributed by atoms with van der Waals surface area (Å²) in [5, 5.41) is 20.6. The fourth-order valence-corrected chi connectivity index (χ4v) is 1.67. The third-order valence-corrected chi connectivity index (χ3v) is 2.39. The zero-order chi connectivity index (χ0) is 12.4. The predicted molar refractivity (Wildman–Crippen MR) is 59.7 cm³/mol. The van der Waals surface area contributed by atoms with Crippen LogP contribution in [0, 0.1) is 21.4 Å². The molecule has 0 bridgehead atoms. The van der Waals surface area contributed by atoms with Crippen molar-refractivity contribution in [3.05, 3.63) is 40.2 Å². The highest BCUT2D eigenvalue weighted by molar-refractivity contribution is 5.98. The fourth-order valence-electron chi connectivity index (χ4n) is 1.67. The predicted octanol–water partition coefficient (Wildman–Crippen LogP) is 2.02. The Morgan fingerprint density at radius 2 is 2.24 bits per heavy atom. The van der Waals surface area contributed by atoms with Crippen LogP contribution in [0.1, 0.15) is 5.69 Å². The van der Waals surface area contributed by atoms with Gasteiger partial charge in [0.1, 0.15) is 11.8 Å². The number of hydrogen-bond acceptors (Lipinski definition) is 5. The topological polar surface area (TPSA) is 89.0 Å². The summed E-state index contributed by atoms with van der Waals surface area (Å²) in [7, 11) is 1.47. The zero-order valence-electron chi connectivity index (χ0n) is 8.88. The number of nitro groups is 1. The fraction of sp³-hybridized carbons (Fsp3) is 0.0909. The molecule has 1 aromatic heterocycles. The van der Waals surface area contributed by atoms with Crippen LogP contribution in [-0.2, 0) is 0 Å². The average molecular weight is 229 g/mol. The van der Waals surface area contributed by atoms with E-state index in [0.717, 1.165) is 0 Å². The molecule has 2 aromatic rings. The lowest BCUT2D eigenvalue weighted by molar-refractivity contribution is -0.383. The zero-order valence-corrected chi connectivity index (χ0v) is 8.88. The average Bonchev–Trinajstić information content (AvgIpc) is 2.36. The molecule has 0 aliphatic rings. The van der Waals surface area contributed by atoms with E-state index >= 15 is 0 Å². The van der Waals surface area contributed by atoms with Crippen molar-refractivity contribution in [1.82, 2.24) is 4.98 Å². The first-order valence-electron chi connectivity index (χ1n) is 4.69. The van der Waals surface area contributed by atoms with Gasteiger partial charge in [-0.2, -0.15) is 5.26 Å². The van der Waals surface area contributed by atoms with E-state index in [1.807, 2.05) is 6.07 Å². The number of ether oxygens (including phenoxy) is 1. The van der Waals surface area contributed by atoms with Gasteiger partial charge in [-0.15, -0.1) is 0 Å². The van der Waals surface area contributed by atoms with Crippen molar-refractivity contribution >= 4 is 16.5 Å². The normalized spacial score (nSPS) is 9.88. The molecule has 84 valence electrons. The standard InChI is InChI=1S/C11H7N3O3/c1-17-10-3-2-9(14(15)16)11-7(10)4-5-13-8(11)6-12/h2-5H,1H3. The minimum absolute atomic E-state index is 0.0214. The van der Waals surface area contributed by atoms with Crippen LogP contribution in [0.5, 0.6) is 5.75 Å². The second-order valence-corrected chi connectivity index (χ2v) is 3.24. The summed E-state index contributed by atoms with van der Waals surface area (Å²) in [5.74, 6) is 0.476. The van der Waals surface area contributed by atoms with Gasteiger partial charge in [0, 0.05) is 17.6 Å². The molecule has 0 saturated carbocycles. The number of hydrogen-bond donors (Lipinski definition) is 0. The Bertz CT molecular complexity index is 646. The molecule has 0 atom stereocenters. The Morgan fingerprint density at radius 1 is 1.47 bits per heavy atom. The molecule has 6 nitrogen and oxygen atoms in total. The Morgan fingerprint density at radius 3 is 2.82 bits per heavy atom. The molecule has 2 rings (SSSR count). The van der Waals surface area contributed by atoms with Crippen molar-refractivity contribution in [3.8, 4) is 11.8 Å². The van der Waals surface area contributed by atoms with Crippen LogP contribution in [0.2, 0.25) is 0 Å². The van der Waals surface area contributed by atoms with E-state index in [9.17, 15) is 10.1 Å². The summed E-state index contributed by atoms with van der Waals surface area (Å²) in [6.45, 7) is 0. The summed E-state index contributed by atoms with van der Waals surface area (Å²) in [4.78, 5) is 14.2. The lowest BCUT2D eigenvalue weighted by atomic mass is 10.1. The van der Waals surface area contributed by atoms with Crippen molar-refractivity contribution in [2.45, 2.75) is 0 Å². The molecule has 0 spiro atoms. The first kappa shape index (κ1) is 10.8. The van der Waals surface area contributed by atoms with Gasteiger partial charge in [-0.1, -0.05) is 0 Å². The van der Waals surface area contributed by atoms with Gasteiger partial charge >= 0.3 is 0 Å². The molecule has 0 saturated heterocycles. The number of rotatable bonds is 2. The Kier molecular flexibility index (Phi) is 2.58. The van der Waals surface area contributed by atoms with E-state index < -0.39 is 4.92 Å². The number of nitro benzene ring substituents is 1. The number of non-ortho nitro benzene ring substituents is 1. The minimum atomic E-state index is -0.537. The van der Waals surface area contributed by atoms with E-state index in [2.05, 4.69) is 4.98 Å². The van der Waals surface area contributed by atoms with Crippen LogP contribution >= 0.6 is 0 Å². The highest BCUT2D eigenvalue weighted by Crippen LogP contribution is 2.33. The monoisotopic (exact) mass is 229 g/mol. The van der Waals surface area contributed by atoms with E-state index in [1.54, 1.807) is 6.07 Å². The molecule has 0 N–H and O–H groups in total. The van der Waals surface area contributed by atoms with Gasteiger partial charge in [-0.25, -0.2) is 4.98 Å². The summed E-state index contributed by atoms with van der Waals surface area (Å²) >= 11 is 0. The number of pyridine rings is 1. The van der Waals surface area contributed by atoms with Gasteiger partial charge in [0.15, 0.2) is 5.69 Å². The van der Waals surface area contributed by atoms with Crippen molar-refractivity contribution in [2.24, 2.45) is 0 Å². The van der Waals surface area contributed by atoms with Gasteiger partial charge in [-0.05, 0) is 12.1 Å². The van der Waals surface area contributed by atoms with Crippen LogP contribution in [0.4, 0.5) is 5.69 Å². The van der Waals surface area contributed by atoms with E-state index in [1.165, 1.54) is 25.4 Å². The third-order valence-electron chi connectivity index (χ3n) is 2.39. The largest absolute Gasteiger partial charge is 0.496 e. The van der Waals surface area contributed by atoms with Crippen molar-refractivity contribution in [1.29, 1.82) is 5.26 Å². The second-order valence-electron chi connectivity index (χ2n) is 3.24. The number of benzene rings is 1. The summed E-state index contributed by atoms with van der Waals surface area (Å²) in [6, 6.07) is 6.24. The molecule has 6 heteroatoms. The molecular formula is C11H7N3O3. The Balaban J connectivity index is 2.97. The smallest absolute Gasteiger partial charge is 0.280 e. The molecular weight excluding hydrogens is 222 g/mol. The molecule has 0 aliphatic heterocycles. The Hall–Kier alpha value is -2.68. The number of aromatic nitrogens is 1. The number of methoxy groups -OCH3 is 1. The van der Waals surface area contributed by atoms with Gasteiger partial charge in [0.2, 0.25) is 0 Å². The highest BCUT2D eigenvalue weighted by atomic mass is 16.6. The lowest BCUT2D eigenvalue weighted by Gasteiger charge is -2.06. The van der Waals surface area contributed by atoms with Crippen molar-refractivity contribution in [3.63, 3.8) is 0 Å². The van der Waals surface area contributed by atoms with Crippen LogP contribution in [-0.4, -0.2) is 17.0 Å². The molecule has 0 amide bonds. The van der Waals surface area contributed by atoms with Crippen LogP contribution in [0.15, 0.2) is 24.4 Å². The van der Waals surface area contributed by atoms with Gasteiger partial charge in [0.25, 0.3) is 5.69 Å². The van der Waals surface area contributed by atoms with Crippen LogP contribution in [0.3, 0.4) is 0 Å². The lowest BCUT2D eigenvalue weighted by Crippen LogP contribution is -1.95. The number of fused-ring (bicyclic) bond motifs is 1. The van der Waals surface area contributed by atoms with Crippen molar-refractivity contribution < 1.29 is 9.66 Å². The molecule has 0 unspecified atom stereocenters. The first-order chi connectivity index (χ1) is 8.19. The van der Waals surface area contributed by atoms with Crippen LogP contribution < -0.4 is 4.74 Å². The summed E-state index contributed by atoms with van der Waals surface area (Å²) < 4.78 is 5.10. The van der Waals surface area contributed by atoms with Gasteiger partial charge in [-0.3, -0.25) is 10.1 Å². The molecule has 0 radical (unpaired) electrons. The highest BCUT2D eigenvalue weighted by Gasteiger charge is 2.18. The number of nitriles is 1. The molecule has 1 heterocycles. The van der Waals surface area contributed by atoms with Crippen molar-refractivity contribution in [2.75, 3.05) is 7.11 Å². The maximum atomic E-state index is 10.9. The molecule has 0 aliphatic carbocycles. The maximum absolute atomic E-state index is 10.9. The minimum Gasteiger partial charge on any atom is -0.496 e. The molecule has 17 heavy (non-hydrogen) atoms. The SMILES string of the molecule is COc1ccc([N+](=O)[O-])c2c(C#N)nccc12. The van der Waals surface area contributed by atoms with E-state index in [4.69, 9.17) is 10.00 Å². The Labute approximate surface area is 96.2 Å². The maximum Gasteiger partial charge on any atom is 0.280 e. The summed E-state index contributed by atoms with van der Waals surface area (Å²) in [6.07, 6.45) is 1.42. The second kappa shape index (κ2) is 4.06. The number of nitrogens with zero attached hydrogens (tertiary/aromatic N) is 3. The van der Waals surface area contributed by atoms with Gasteiger partial charge in [0.05, 0.1) is 17.4 Å². The van der Waals surface area contributed by atoms with Gasteiger partial charge < -0.3 is 4.74 Å². The third kappa shape index (κ3) is 1.63.